The third kappa shape index (κ3) is 4.86. The minimum Gasteiger partial charge on any atom is -0.396 e. The number of hydrogen-bond donors (Lipinski definition) is 3. The molecule has 19 heavy (non-hydrogen) atoms. The van der Waals surface area contributed by atoms with Crippen LogP contribution in [0.1, 0.15) is 27.2 Å². The van der Waals surface area contributed by atoms with E-state index < -0.39 is 0 Å². The topological polar surface area (TPSA) is 86.2 Å². The first-order chi connectivity index (χ1) is 9.24. The first kappa shape index (κ1) is 15.4. The Hall–Kier alpha value is -1.63. The van der Waals surface area contributed by atoms with Crippen LogP contribution in [0.15, 0.2) is 0 Å². The molecule has 0 bridgehead atoms. The van der Waals surface area contributed by atoms with Gasteiger partial charge in [-0.25, -0.2) is 0 Å². The Morgan fingerprint density at radius 3 is 2.16 bits per heavy atom. The molecule has 0 spiro atoms. The summed E-state index contributed by atoms with van der Waals surface area (Å²) in [5, 5.41) is 15.0. The zero-order valence-electron chi connectivity index (χ0n) is 12.0. The highest BCUT2D eigenvalue weighted by atomic mass is 16.3. The highest BCUT2D eigenvalue weighted by molar-refractivity contribution is 5.43. The van der Waals surface area contributed by atoms with E-state index in [0.717, 1.165) is 19.6 Å². The smallest absolute Gasteiger partial charge is 0.231 e. The van der Waals surface area contributed by atoms with E-state index in [-0.39, 0.29) is 6.61 Å². The Kier molecular flexibility index (Phi) is 6.88. The third-order valence-corrected chi connectivity index (χ3v) is 2.62. The molecule has 7 nitrogen and oxygen atoms in total. The number of hydrogen-bond acceptors (Lipinski definition) is 7. The average Bonchev–Trinajstić information content (AvgIpc) is 2.41. The fourth-order valence-electron chi connectivity index (χ4n) is 1.61. The molecule has 1 aromatic rings. The SMILES string of the molecule is CCNc1nc(NCCCO)nc(N(CC)CC)n1. The van der Waals surface area contributed by atoms with Gasteiger partial charge in [0, 0.05) is 32.8 Å². The quantitative estimate of drug-likeness (QED) is 0.575. The van der Waals surface area contributed by atoms with Gasteiger partial charge in [-0.2, -0.15) is 15.0 Å². The number of nitrogens with one attached hydrogen (secondary N) is 2. The van der Waals surface area contributed by atoms with Crippen LogP contribution in [-0.4, -0.2) is 52.8 Å². The largest absolute Gasteiger partial charge is 0.396 e. The lowest BCUT2D eigenvalue weighted by Crippen LogP contribution is -2.25. The van der Waals surface area contributed by atoms with Crippen molar-refractivity contribution in [2.45, 2.75) is 27.2 Å². The molecule has 7 heteroatoms. The van der Waals surface area contributed by atoms with Crippen molar-refractivity contribution in [1.29, 1.82) is 0 Å². The van der Waals surface area contributed by atoms with Crippen LogP contribution < -0.4 is 15.5 Å². The van der Waals surface area contributed by atoms with Gasteiger partial charge in [0.1, 0.15) is 0 Å². The van der Waals surface area contributed by atoms with Crippen LogP contribution >= 0.6 is 0 Å². The van der Waals surface area contributed by atoms with Crippen LogP contribution in [0.25, 0.3) is 0 Å². The standard InChI is InChI=1S/C12H24N6O/c1-4-13-10-15-11(14-8-7-9-19)17-12(16-10)18(5-2)6-3/h19H,4-9H2,1-3H3,(H2,13,14,15,16,17). The van der Waals surface area contributed by atoms with Crippen molar-refractivity contribution >= 4 is 17.8 Å². The maximum atomic E-state index is 8.79. The Morgan fingerprint density at radius 1 is 1.00 bits per heavy atom. The summed E-state index contributed by atoms with van der Waals surface area (Å²) in [5.74, 6) is 1.79. The molecule has 0 aliphatic rings. The Morgan fingerprint density at radius 2 is 1.63 bits per heavy atom. The molecular formula is C12H24N6O. The number of aliphatic hydroxyl groups excluding tert-OH is 1. The van der Waals surface area contributed by atoms with E-state index in [4.69, 9.17) is 5.11 Å². The van der Waals surface area contributed by atoms with Crippen LogP contribution in [0.5, 0.6) is 0 Å². The first-order valence-electron chi connectivity index (χ1n) is 6.84. The Balaban J connectivity index is 2.89. The summed E-state index contributed by atoms with van der Waals surface area (Å²) < 4.78 is 0. The second-order valence-electron chi connectivity index (χ2n) is 3.99. The zero-order chi connectivity index (χ0) is 14.1. The van der Waals surface area contributed by atoms with Gasteiger partial charge in [0.05, 0.1) is 0 Å². The number of anilines is 3. The summed E-state index contributed by atoms with van der Waals surface area (Å²) in [6.07, 6.45) is 0.669. The Bertz CT molecular complexity index is 369. The summed E-state index contributed by atoms with van der Waals surface area (Å²) in [4.78, 5) is 15.2. The third-order valence-electron chi connectivity index (χ3n) is 2.62. The second-order valence-corrected chi connectivity index (χ2v) is 3.99. The van der Waals surface area contributed by atoms with Gasteiger partial charge in [0.15, 0.2) is 0 Å². The summed E-state index contributed by atoms with van der Waals surface area (Å²) in [6.45, 7) is 9.39. The molecule has 0 unspecified atom stereocenters. The summed E-state index contributed by atoms with van der Waals surface area (Å²) in [5.41, 5.74) is 0. The van der Waals surface area contributed by atoms with Gasteiger partial charge < -0.3 is 20.6 Å². The van der Waals surface area contributed by atoms with Crippen molar-refractivity contribution in [1.82, 2.24) is 15.0 Å². The van der Waals surface area contributed by atoms with Gasteiger partial charge in [0.2, 0.25) is 17.8 Å². The molecule has 1 aromatic heterocycles. The fourth-order valence-corrected chi connectivity index (χ4v) is 1.61. The van der Waals surface area contributed by atoms with Crippen molar-refractivity contribution in [2.75, 3.05) is 48.3 Å². The minimum atomic E-state index is 0.154. The van der Waals surface area contributed by atoms with E-state index in [9.17, 15) is 0 Å². The molecule has 0 atom stereocenters. The normalized spacial score (nSPS) is 10.3. The van der Waals surface area contributed by atoms with Crippen molar-refractivity contribution < 1.29 is 5.11 Å². The van der Waals surface area contributed by atoms with Crippen molar-refractivity contribution in [2.24, 2.45) is 0 Å². The van der Waals surface area contributed by atoms with Crippen molar-refractivity contribution in [3.63, 3.8) is 0 Å². The lowest BCUT2D eigenvalue weighted by Gasteiger charge is -2.19. The van der Waals surface area contributed by atoms with Crippen LogP contribution in [0.3, 0.4) is 0 Å². The van der Waals surface area contributed by atoms with E-state index in [1.165, 1.54) is 0 Å². The van der Waals surface area contributed by atoms with E-state index in [1.807, 2.05) is 6.92 Å². The lowest BCUT2D eigenvalue weighted by atomic mass is 10.4. The number of aromatic nitrogens is 3. The second kappa shape index (κ2) is 8.47. The van der Waals surface area contributed by atoms with Crippen LogP contribution in [0.2, 0.25) is 0 Å². The molecule has 1 heterocycles. The molecule has 0 amide bonds. The van der Waals surface area contributed by atoms with Crippen molar-refractivity contribution in [3.8, 4) is 0 Å². The highest BCUT2D eigenvalue weighted by Crippen LogP contribution is 2.13. The predicted molar refractivity (Wildman–Crippen MR) is 77.7 cm³/mol. The number of aliphatic hydroxyl groups is 1. The van der Waals surface area contributed by atoms with Gasteiger partial charge in [-0.15, -0.1) is 0 Å². The van der Waals surface area contributed by atoms with Gasteiger partial charge in [-0.1, -0.05) is 0 Å². The summed E-state index contributed by atoms with van der Waals surface area (Å²) in [6, 6.07) is 0. The minimum absolute atomic E-state index is 0.154. The van der Waals surface area contributed by atoms with Crippen LogP contribution in [0.4, 0.5) is 17.8 Å². The van der Waals surface area contributed by atoms with E-state index in [0.29, 0.717) is 30.8 Å². The van der Waals surface area contributed by atoms with Gasteiger partial charge in [0.25, 0.3) is 0 Å². The van der Waals surface area contributed by atoms with Gasteiger partial charge in [-0.3, -0.25) is 0 Å². The van der Waals surface area contributed by atoms with Gasteiger partial charge in [-0.05, 0) is 27.2 Å². The zero-order valence-corrected chi connectivity index (χ0v) is 12.0. The molecular weight excluding hydrogens is 244 g/mol. The molecule has 0 fully saturated rings. The average molecular weight is 268 g/mol. The monoisotopic (exact) mass is 268 g/mol. The summed E-state index contributed by atoms with van der Waals surface area (Å²) in [7, 11) is 0. The summed E-state index contributed by atoms with van der Waals surface area (Å²) >= 11 is 0. The van der Waals surface area contributed by atoms with E-state index in [1.54, 1.807) is 0 Å². The molecule has 0 aliphatic carbocycles. The Labute approximate surface area is 114 Å². The molecule has 3 N–H and O–H groups in total. The molecule has 1 rings (SSSR count). The fraction of sp³-hybridized carbons (Fsp3) is 0.750. The highest BCUT2D eigenvalue weighted by Gasteiger charge is 2.10. The van der Waals surface area contributed by atoms with E-state index in [2.05, 4.69) is 44.3 Å². The van der Waals surface area contributed by atoms with Crippen LogP contribution in [0, 0.1) is 0 Å². The van der Waals surface area contributed by atoms with Crippen LogP contribution in [-0.2, 0) is 0 Å². The molecule has 0 saturated heterocycles. The first-order valence-corrected chi connectivity index (χ1v) is 6.84. The number of nitrogens with zero attached hydrogens (tertiary/aromatic N) is 4. The molecule has 0 aromatic carbocycles. The molecule has 0 saturated carbocycles. The maximum absolute atomic E-state index is 8.79. The number of rotatable bonds is 9. The lowest BCUT2D eigenvalue weighted by molar-refractivity contribution is 0.292. The van der Waals surface area contributed by atoms with E-state index >= 15 is 0 Å². The van der Waals surface area contributed by atoms with Gasteiger partial charge >= 0.3 is 0 Å². The predicted octanol–water partition coefficient (Wildman–Crippen LogP) is 0.944. The van der Waals surface area contributed by atoms with Crippen molar-refractivity contribution in [3.05, 3.63) is 0 Å². The maximum Gasteiger partial charge on any atom is 0.231 e. The molecule has 0 aliphatic heterocycles. The molecule has 108 valence electrons. The molecule has 0 radical (unpaired) electrons.